The standard InChI is InChI=1S/C22H24N4O4S/c1-14(2)16-6-4-5-7-17(16)28-11-20-24-25-22(26(20)3)31-12-21(27)23-15-8-9-18-19(10-15)30-13-29-18/h4-10,14H,11-13H2,1-3H3,(H,23,27). The molecule has 2 heterocycles. The van der Waals surface area contributed by atoms with Crippen molar-refractivity contribution in [3.8, 4) is 17.2 Å². The minimum atomic E-state index is -0.143. The van der Waals surface area contributed by atoms with Gasteiger partial charge in [-0.15, -0.1) is 10.2 Å². The summed E-state index contributed by atoms with van der Waals surface area (Å²) in [7, 11) is 1.87. The number of amides is 1. The van der Waals surface area contributed by atoms with E-state index in [4.69, 9.17) is 14.2 Å². The molecule has 0 saturated carbocycles. The molecular formula is C22H24N4O4S. The third kappa shape index (κ3) is 4.93. The fourth-order valence-corrected chi connectivity index (χ4v) is 3.86. The van der Waals surface area contributed by atoms with Crippen LogP contribution >= 0.6 is 11.8 Å². The molecule has 0 atom stereocenters. The highest BCUT2D eigenvalue weighted by Gasteiger charge is 2.16. The summed E-state index contributed by atoms with van der Waals surface area (Å²) in [5.41, 5.74) is 1.81. The van der Waals surface area contributed by atoms with E-state index in [0.29, 0.717) is 40.7 Å². The minimum absolute atomic E-state index is 0.143. The molecule has 0 unspecified atom stereocenters. The molecule has 2 aromatic carbocycles. The number of hydrogen-bond donors (Lipinski definition) is 1. The molecule has 0 bridgehead atoms. The van der Waals surface area contributed by atoms with Crippen molar-refractivity contribution in [1.82, 2.24) is 14.8 Å². The van der Waals surface area contributed by atoms with Gasteiger partial charge in [0.1, 0.15) is 12.4 Å². The molecule has 162 valence electrons. The maximum absolute atomic E-state index is 12.3. The Bertz CT molecular complexity index is 1080. The van der Waals surface area contributed by atoms with Gasteiger partial charge in [0.15, 0.2) is 22.5 Å². The van der Waals surface area contributed by atoms with Gasteiger partial charge in [-0.05, 0) is 29.7 Å². The summed E-state index contributed by atoms with van der Waals surface area (Å²) in [6.07, 6.45) is 0. The Hall–Kier alpha value is -3.20. The second-order valence-corrected chi connectivity index (χ2v) is 8.29. The molecule has 1 amide bonds. The van der Waals surface area contributed by atoms with Crippen LogP contribution in [-0.2, 0) is 18.4 Å². The van der Waals surface area contributed by atoms with Gasteiger partial charge < -0.3 is 24.1 Å². The van der Waals surface area contributed by atoms with Crippen molar-refractivity contribution in [2.24, 2.45) is 7.05 Å². The summed E-state index contributed by atoms with van der Waals surface area (Å²) in [5.74, 6) is 3.27. The first-order chi connectivity index (χ1) is 15.0. The summed E-state index contributed by atoms with van der Waals surface area (Å²) in [4.78, 5) is 12.3. The number of carbonyl (C=O) groups excluding carboxylic acids is 1. The highest BCUT2D eigenvalue weighted by Crippen LogP contribution is 2.34. The van der Waals surface area contributed by atoms with Gasteiger partial charge in [0, 0.05) is 18.8 Å². The van der Waals surface area contributed by atoms with E-state index in [-0.39, 0.29) is 18.5 Å². The predicted molar refractivity (Wildman–Crippen MR) is 118 cm³/mol. The Balaban J connectivity index is 1.32. The van der Waals surface area contributed by atoms with Gasteiger partial charge in [-0.25, -0.2) is 0 Å². The predicted octanol–water partition coefficient (Wildman–Crippen LogP) is 3.98. The summed E-state index contributed by atoms with van der Waals surface area (Å²) in [6.45, 7) is 4.77. The monoisotopic (exact) mass is 440 g/mol. The average molecular weight is 441 g/mol. The van der Waals surface area contributed by atoms with Gasteiger partial charge in [0.25, 0.3) is 0 Å². The van der Waals surface area contributed by atoms with E-state index in [0.717, 1.165) is 11.3 Å². The lowest BCUT2D eigenvalue weighted by Crippen LogP contribution is -2.14. The number of nitrogens with zero attached hydrogens (tertiary/aromatic N) is 3. The van der Waals surface area contributed by atoms with Crippen molar-refractivity contribution in [3.63, 3.8) is 0 Å². The van der Waals surface area contributed by atoms with Gasteiger partial charge in [0.05, 0.1) is 5.75 Å². The van der Waals surface area contributed by atoms with Crippen LogP contribution in [0.3, 0.4) is 0 Å². The van der Waals surface area contributed by atoms with E-state index in [1.54, 1.807) is 18.2 Å². The number of benzene rings is 2. The SMILES string of the molecule is CC(C)c1ccccc1OCc1nnc(SCC(=O)Nc2ccc3c(c2)OCO3)n1C. The molecule has 31 heavy (non-hydrogen) atoms. The Morgan fingerprint density at radius 1 is 1.19 bits per heavy atom. The number of aromatic nitrogens is 3. The molecule has 9 heteroatoms. The first-order valence-electron chi connectivity index (χ1n) is 9.93. The van der Waals surface area contributed by atoms with Crippen molar-refractivity contribution in [2.75, 3.05) is 17.9 Å². The molecular weight excluding hydrogens is 416 g/mol. The number of ether oxygens (including phenoxy) is 3. The minimum Gasteiger partial charge on any atom is -0.485 e. The van der Waals surface area contributed by atoms with E-state index in [1.165, 1.54) is 11.8 Å². The van der Waals surface area contributed by atoms with Crippen LogP contribution in [-0.4, -0.2) is 33.2 Å². The number of fused-ring (bicyclic) bond motifs is 1. The lowest BCUT2D eigenvalue weighted by atomic mass is 10.0. The first-order valence-corrected chi connectivity index (χ1v) is 10.9. The third-order valence-corrected chi connectivity index (χ3v) is 5.83. The molecule has 3 aromatic rings. The van der Waals surface area contributed by atoms with Crippen molar-refractivity contribution >= 4 is 23.4 Å². The Morgan fingerprint density at radius 2 is 2.00 bits per heavy atom. The summed E-state index contributed by atoms with van der Waals surface area (Å²) >= 11 is 1.32. The molecule has 0 radical (unpaired) electrons. The Kier molecular flexibility index (Phi) is 6.31. The molecule has 1 N–H and O–H groups in total. The number of thioether (sulfide) groups is 1. The zero-order valence-electron chi connectivity index (χ0n) is 17.6. The van der Waals surface area contributed by atoms with E-state index in [9.17, 15) is 4.79 Å². The van der Waals surface area contributed by atoms with Gasteiger partial charge in [0.2, 0.25) is 12.7 Å². The third-order valence-electron chi connectivity index (χ3n) is 4.81. The molecule has 1 aliphatic rings. The zero-order valence-corrected chi connectivity index (χ0v) is 18.4. The molecule has 8 nitrogen and oxygen atoms in total. The Labute approximate surface area is 184 Å². The molecule has 1 aliphatic heterocycles. The maximum Gasteiger partial charge on any atom is 0.234 e. The van der Waals surface area contributed by atoms with Crippen molar-refractivity contribution < 1.29 is 19.0 Å². The second-order valence-electron chi connectivity index (χ2n) is 7.34. The van der Waals surface area contributed by atoms with Crippen molar-refractivity contribution in [3.05, 3.63) is 53.9 Å². The van der Waals surface area contributed by atoms with Gasteiger partial charge in [-0.3, -0.25) is 4.79 Å². The van der Waals surface area contributed by atoms with Gasteiger partial charge >= 0.3 is 0 Å². The lowest BCUT2D eigenvalue weighted by Gasteiger charge is -2.13. The van der Waals surface area contributed by atoms with Gasteiger partial charge in [-0.1, -0.05) is 43.8 Å². The fraction of sp³-hybridized carbons (Fsp3) is 0.318. The fourth-order valence-electron chi connectivity index (χ4n) is 3.13. The van der Waals surface area contributed by atoms with Crippen LogP contribution in [0, 0.1) is 0 Å². The van der Waals surface area contributed by atoms with Gasteiger partial charge in [-0.2, -0.15) is 0 Å². The highest BCUT2D eigenvalue weighted by molar-refractivity contribution is 7.99. The van der Waals surface area contributed by atoms with Crippen molar-refractivity contribution in [2.45, 2.75) is 31.5 Å². The van der Waals surface area contributed by atoms with E-state index in [2.05, 4.69) is 35.4 Å². The number of carbonyl (C=O) groups is 1. The number of rotatable bonds is 8. The maximum atomic E-state index is 12.3. The van der Waals surface area contributed by atoms with Crippen LogP contribution in [0.1, 0.15) is 31.2 Å². The molecule has 0 spiro atoms. The van der Waals surface area contributed by atoms with E-state index >= 15 is 0 Å². The van der Waals surface area contributed by atoms with Crippen LogP contribution in [0.15, 0.2) is 47.6 Å². The normalized spacial score (nSPS) is 12.3. The lowest BCUT2D eigenvalue weighted by molar-refractivity contribution is -0.113. The van der Waals surface area contributed by atoms with Crippen LogP contribution in [0.4, 0.5) is 5.69 Å². The van der Waals surface area contributed by atoms with Crippen LogP contribution in [0.2, 0.25) is 0 Å². The van der Waals surface area contributed by atoms with E-state index < -0.39 is 0 Å². The van der Waals surface area contributed by atoms with Crippen LogP contribution in [0.5, 0.6) is 17.2 Å². The molecule has 0 fully saturated rings. The smallest absolute Gasteiger partial charge is 0.234 e. The van der Waals surface area contributed by atoms with E-state index in [1.807, 2.05) is 29.8 Å². The largest absolute Gasteiger partial charge is 0.485 e. The average Bonchev–Trinajstić information content (AvgIpc) is 3.37. The first kappa shape index (κ1) is 21.0. The number of hydrogen-bond acceptors (Lipinski definition) is 7. The quantitative estimate of drug-likeness (QED) is 0.530. The topological polar surface area (TPSA) is 87.5 Å². The van der Waals surface area contributed by atoms with Crippen LogP contribution < -0.4 is 19.5 Å². The number of para-hydroxylation sites is 1. The summed E-state index contributed by atoms with van der Waals surface area (Å²) in [5, 5.41) is 11.9. The Morgan fingerprint density at radius 3 is 2.84 bits per heavy atom. The second kappa shape index (κ2) is 9.30. The zero-order chi connectivity index (χ0) is 21.8. The molecule has 4 rings (SSSR count). The van der Waals surface area contributed by atoms with Crippen LogP contribution in [0.25, 0.3) is 0 Å². The summed E-state index contributed by atoms with van der Waals surface area (Å²) in [6, 6.07) is 13.3. The summed E-state index contributed by atoms with van der Waals surface area (Å²) < 4.78 is 18.4. The molecule has 0 aliphatic carbocycles. The van der Waals surface area contributed by atoms with Crippen molar-refractivity contribution in [1.29, 1.82) is 0 Å². The number of anilines is 1. The number of nitrogens with one attached hydrogen (secondary N) is 1. The highest BCUT2D eigenvalue weighted by atomic mass is 32.2. The molecule has 0 saturated heterocycles. The molecule has 1 aromatic heterocycles.